The predicted octanol–water partition coefficient (Wildman–Crippen LogP) is 2.76. The van der Waals surface area contributed by atoms with Crippen LogP contribution in [0.25, 0.3) is 10.2 Å². The van der Waals surface area contributed by atoms with E-state index in [9.17, 15) is 14.4 Å². The minimum absolute atomic E-state index is 0.0981. The molecule has 28 heavy (non-hydrogen) atoms. The number of carbonyl (C=O) groups excluding carboxylic acids is 3. The number of esters is 1. The minimum atomic E-state index is -0.470. The van der Waals surface area contributed by atoms with E-state index in [0.717, 1.165) is 15.2 Å². The molecule has 0 bridgehead atoms. The molecule has 0 unspecified atom stereocenters. The number of rotatable bonds is 5. The van der Waals surface area contributed by atoms with Crippen molar-refractivity contribution in [3.63, 3.8) is 0 Å². The van der Waals surface area contributed by atoms with Crippen LogP contribution in [-0.2, 0) is 25.5 Å². The maximum atomic E-state index is 12.5. The van der Waals surface area contributed by atoms with Gasteiger partial charge in [-0.25, -0.2) is 4.98 Å². The highest BCUT2D eigenvalue weighted by atomic mass is 32.1. The number of carbonyl (C=O) groups is 3. The average Bonchev–Trinajstić information content (AvgIpc) is 3.12. The third kappa shape index (κ3) is 3.86. The summed E-state index contributed by atoms with van der Waals surface area (Å²) in [6.45, 7) is -0.501. The molecule has 2 amide bonds. The van der Waals surface area contributed by atoms with Crippen LogP contribution < -0.4 is 10.2 Å². The fourth-order valence-electron chi connectivity index (χ4n) is 2.98. The van der Waals surface area contributed by atoms with Gasteiger partial charge in [-0.2, -0.15) is 0 Å². The first-order chi connectivity index (χ1) is 13.6. The van der Waals surface area contributed by atoms with Crippen LogP contribution in [0.5, 0.6) is 0 Å². The highest BCUT2D eigenvalue weighted by molar-refractivity contribution is 7.18. The van der Waals surface area contributed by atoms with E-state index in [1.54, 1.807) is 35.6 Å². The molecule has 2 heterocycles. The lowest BCUT2D eigenvalue weighted by molar-refractivity contribution is -0.147. The standard InChI is InChI=1S/C20H17N3O4S/c24-17-11-23(15-7-3-1-5-13(15)21-17)19(25)12-27-20(26)10-9-18-22-14-6-2-4-8-16(14)28-18/h1-8H,9-12H2,(H,21,24). The van der Waals surface area contributed by atoms with Gasteiger partial charge in [0.1, 0.15) is 6.54 Å². The number of aromatic nitrogens is 1. The Labute approximate surface area is 164 Å². The highest BCUT2D eigenvalue weighted by Crippen LogP contribution is 2.29. The van der Waals surface area contributed by atoms with E-state index < -0.39 is 18.5 Å². The molecule has 0 aliphatic carbocycles. The smallest absolute Gasteiger partial charge is 0.306 e. The normalized spacial score (nSPS) is 13.1. The quantitative estimate of drug-likeness (QED) is 0.671. The van der Waals surface area contributed by atoms with E-state index in [1.807, 2.05) is 24.3 Å². The second-order valence-corrected chi connectivity index (χ2v) is 7.40. The lowest BCUT2D eigenvalue weighted by Gasteiger charge is -2.28. The first-order valence-electron chi connectivity index (χ1n) is 8.79. The molecule has 0 saturated heterocycles. The summed E-state index contributed by atoms with van der Waals surface area (Å²) in [5, 5.41) is 3.57. The van der Waals surface area contributed by atoms with Gasteiger partial charge in [0.2, 0.25) is 5.91 Å². The summed E-state index contributed by atoms with van der Waals surface area (Å²) in [7, 11) is 0. The van der Waals surface area contributed by atoms with Crippen LogP contribution in [0.4, 0.5) is 11.4 Å². The fraction of sp³-hybridized carbons (Fsp3) is 0.200. The largest absolute Gasteiger partial charge is 0.456 e. The number of hydrogen-bond donors (Lipinski definition) is 1. The van der Waals surface area contributed by atoms with Crippen LogP contribution >= 0.6 is 11.3 Å². The van der Waals surface area contributed by atoms with E-state index in [2.05, 4.69) is 10.3 Å². The topological polar surface area (TPSA) is 88.6 Å². The molecule has 0 atom stereocenters. The van der Waals surface area contributed by atoms with Gasteiger partial charge in [-0.15, -0.1) is 11.3 Å². The monoisotopic (exact) mass is 395 g/mol. The van der Waals surface area contributed by atoms with Crippen molar-refractivity contribution in [1.29, 1.82) is 0 Å². The third-order valence-corrected chi connectivity index (χ3v) is 5.41. The number of nitrogens with one attached hydrogen (secondary N) is 1. The maximum Gasteiger partial charge on any atom is 0.306 e. The molecular formula is C20H17N3O4S. The van der Waals surface area contributed by atoms with E-state index in [4.69, 9.17) is 4.74 Å². The van der Waals surface area contributed by atoms with Crippen LogP contribution in [-0.4, -0.2) is 35.9 Å². The Kier molecular flexibility index (Phi) is 5.03. The molecule has 1 aliphatic rings. The van der Waals surface area contributed by atoms with Gasteiger partial charge in [-0.05, 0) is 24.3 Å². The first kappa shape index (κ1) is 18.1. The van der Waals surface area contributed by atoms with Crippen LogP contribution in [0.1, 0.15) is 11.4 Å². The average molecular weight is 395 g/mol. The summed E-state index contributed by atoms with van der Waals surface area (Å²) in [6, 6.07) is 14.8. The van der Waals surface area contributed by atoms with Crippen LogP contribution in [0, 0.1) is 0 Å². The number of ether oxygens (including phenoxy) is 1. The zero-order valence-electron chi connectivity index (χ0n) is 14.9. The molecule has 3 aromatic rings. The molecule has 1 aromatic heterocycles. The van der Waals surface area contributed by atoms with Crippen molar-refractivity contribution in [3.05, 3.63) is 53.5 Å². The molecule has 8 heteroatoms. The number of fused-ring (bicyclic) bond motifs is 2. The summed E-state index contributed by atoms with van der Waals surface area (Å²) >= 11 is 1.54. The molecule has 0 saturated carbocycles. The molecular weight excluding hydrogens is 378 g/mol. The Hall–Kier alpha value is -3.26. The van der Waals surface area contributed by atoms with E-state index in [-0.39, 0.29) is 18.9 Å². The van der Waals surface area contributed by atoms with Gasteiger partial charge in [-0.3, -0.25) is 19.3 Å². The first-order valence-corrected chi connectivity index (χ1v) is 9.61. The molecule has 1 N–H and O–H groups in total. The number of amides is 2. The molecule has 4 rings (SSSR count). The minimum Gasteiger partial charge on any atom is -0.456 e. The summed E-state index contributed by atoms with van der Waals surface area (Å²) in [4.78, 5) is 42.1. The fourth-order valence-corrected chi connectivity index (χ4v) is 3.95. The lowest BCUT2D eigenvalue weighted by Crippen LogP contribution is -2.44. The Morgan fingerprint density at radius 2 is 1.93 bits per heavy atom. The van der Waals surface area contributed by atoms with Gasteiger partial charge < -0.3 is 10.1 Å². The Morgan fingerprint density at radius 3 is 2.79 bits per heavy atom. The second-order valence-electron chi connectivity index (χ2n) is 6.28. The highest BCUT2D eigenvalue weighted by Gasteiger charge is 2.27. The van der Waals surface area contributed by atoms with Crippen LogP contribution in [0.3, 0.4) is 0 Å². The van der Waals surface area contributed by atoms with E-state index in [1.165, 1.54) is 4.90 Å². The molecule has 0 radical (unpaired) electrons. The van der Waals surface area contributed by atoms with E-state index >= 15 is 0 Å². The van der Waals surface area contributed by atoms with E-state index in [0.29, 0.717) is 17.8 Å². The summed E-state index contributed by atoms with van der Waals surface area (Å²) in [5.74, 6) is -1.19. The SMILES string of the molecule is O=C1CN(C(=O)COC(=O)CCc2nc3ccccc3s2)c2ccccc2N1. The summed E-state index contributed by atoms with van der Waals surface area (Å²) in [5.41, 5.74) is 2.07. The number of thiazole rings is 1. The maximum absolute atomic E-state index is 12.5. The number of nitrogens with zero attached hydrogens (tertiary/aromatic N) is 2. The van der Waals surface area contributed by atoms with Gasteiger partial charge >= 0.3 is 5.97 Å². The van der Waals surface area contributed by atoms with Crippen molar-refractivity contribution in [2.75, 3.05) is 23.4 Å². The van der Waals surface area contributed by atoms with Crippen molar-refractivity contribution in [2.45, 2.75) is 12.8 Å². The zero-order valence-corrected chi connectivity index (χ0v) is 15.7. The Morgan fingerprint density at radius 1 is 1.14 bits per heavy atom. The Bertz CT molecular complexity index is 1030. The molecule has 0 spiro atoms. The van der Waals surface area contributed by atoms with Crippen molar-refractivity contribution in [2.24, 2.45) is 0 Å². The van der Waals surface area contributed by atoms with Crippen molar-refractivity contribution in [3.8, 4) is 0 Å². The van der Waals surface area contributed by atoms with Gasteiger partial charge in [0.15, 0.2) is 6.61 Å². The number of aryl methyl sites for hydroxylation is 1. The van der Waals surface area contributed by atoms with Gasteiger partial charge in [0, 0.05) is 6.42 Å². The summed E-state index contributed by atoms with van der Waals surface area (Å²) < 4.78 is 6.19. The van der Waals surface area contributed by atoms with Crippen LogP contribution in [0.15, 0.2) is 48.5 Å². The second kappa shape index (κ2) is 7.77. The predicted molar refractivity (Wildman–Crippen MR) is 106 cm³/mol. The van der Waals surface area contributed by atoms with Crippen LogP contribution in [0.2, 0.25) is 0 Å². The van der Waals surface area contributed by atoms with Crippen molar-refractivity contribution in [1.82, 2.24) is 4.98 Å². The van der Waals surface area contributed by atoms with Crippen molar-refractivity contribution < 1.29 is 19.1 Å². The number of hydrogen-bond acceptors (Lipinski definition) is 6. The number of anilines is 2. The molecule has 2 aromatic carbocycles. The van der Waals surface area contributed by atoms with Gasteiger partial charge in [0.25, 0.3) is 5.91 Å². The van der Waals surface area contributed by atoms with Gasteiger partial charge in [-0.1, -0.05) is 24.3 Å². The Balaban J connectivity index is 1.32. The molecule has 142 valence electrons. The lowest BCUT2D eigenvalue weighted by atomic mass is 10.2. The number of para-hydroxylation sites is 3. The van der Waals surface area contributed by atoms with Gasteiger partial charge in [0.05, 0.1) is 33.0 Å². The molecule has 0 fully saturated rings. The third-order valence-electron chi connectivity index (χ3n) is 4.31. The zero-order chi connectivity index (χ0) is 19.5. The van der Waals surface area contributed by atoms with Crippen molar-refractivity contribution >= 4 is 50.7 Å². The molecule has 7 nitrogen and oxygen atoms in total. The number of benzene rings is 2. The molecule has 1 aliphatic heterocycles. The summed E-state index contributed by atoms with van der Waals surface area (Å²) in [6.07, 6.45) is 0.603.